The summed E-state index contributed by atoms with van der Waals surface area (Å²) < 4.78 is 60.1. The molecule has 0 unspecified atom stereocenters. The van der Waals surface area contributed by atoms with Gasteiger partial charge >= 0.3 is 6.18 Å². The molecule has 0 N–H and O–H groups in total. The molecule has 1 aromatic carbocycles. The van der Waals surface area contributed by atoms with Crippen LogP contribution >= 0.6 is 12.2 Å². The molecule has 0 aliphatic rings. The van der Waals surface area contributed by atoms with Crippen molar-refractivity contribution in [2.45, 2.75) is 26.4 Å². The van der Waals surface area contributed by atoms with Crippen molar-refractivity contribution in [2.24, 2.45) is 0 Å². The average molecular weight is 525 g/mol. The van der Waals surface area contributed by atoms with E-state index >= 15 is 4.39 Å². The van der Waals surface area contributed by atoms with Gasteiger partial charge in [0.15, 0.2) is 21.9 Å². The molecule has 7 nitrogen and oxygen atoms in total. The largest absolute Gasteiger partial charge is 0.417 e. The molecule has 0 aliphatic carbocycles. The molecule has 0 amide bonds. The molecule has 4 aromatic heterocycles. The van der Waals surface area contributed by atoms with Crippen molar-refractivity contribution in [3.63, 3.8) is 0 Å². The van der Waals surface area contributed by atoms with Crippen molar-refractivity contribution in [3.05, 3.63) is 92.1 Å². The molecule has 12 heteroatoms. The van der Waals surface area contributed by atoms with Crippen LogP contribution in [-0.4, -0.2) is 23.5 Å². The highest BCUT2D eigenvalue weighted by Crippen LogP contribution is 2.35. The Labute approximate surface area is 211 Å². The van der Waals surface area contributed by atoms with E-state index in [2.05, 4.69) is 9.97 Å². The van der Waals surface area contributed by atoms with Crippen molar-refractivity contribution >= 4 is 29.0 Å². The molecule has 37 heavy (non-hydrogen) atoms. The number of rotatable bonds is 3. The van der Waals surface area contributed by atoms with E-state index in [1.807, 2.05) is 0 Å². The van der Waals surface area contributed by atoms with Gasteiger partial charge < -0.3 is 0 Å². The van der Waals surface area contributed by atoms with Gasteiger partial charge in [-0.05, 0) is 55.4 Å². The lowest BCUT2D eigenvalue weighted by molar-refractivity contribution is -0.137. The van der Waals surface area contributed by atoms with Crippen LogP contribution in [0.25, 0.3) is 28.2 Å². The lowest BCUT2D eigenvalue weighted by Gasteiger charge is -2.12. The minimum absolute atomic E-state index is 0.0143. The number of hydrogen-bond donors (Lipinski definition) is 0. The van der Waals surface area contributed by atoms with Gasteiger partial charge in [0, 0.05) is 30.2 Å². The molecular weight excluding hydrogens is 508 g/mol. The minimum atomic E-state index is -4.78. The maximum atomic E-state index is 15.2. The number of aryl methyl sites for hydroxylation is 2. The van der Waals surface area contributed by atoms with Crippen LogP contribution in [0, 0.1) is 28.8 Å². The maximum Gasteiger partial charge on any atom is 0.417 e. The second-order valence-corrected chi connectivity index (χ2v) is 8.64. The van der Waals surface area contributed by atoms with Gasteiger partial charge in [-0.25, -0.2) is 14.4 Å². The molecule has 186 valence electrons. The van der Waals surface area contributed by atoms with E-state index in [0.717, 1.165) is 22.6 Å². The molecule has 0 saturated heterocycles. The Morgan fingerprint density at radius 3 is 2.51 bits per heavy atom. The lowest BCUT2D eigenvalue weighted by atomic mass is 10.1. The van der Waals surface area contributed by atoms with E-state index in [1.54, 1.807) is 26.0 Å². The number of halogens is 4. The summed E-state index contributed by atoms with van der Waals surface area (Å²) in [6.45, 7) is 3.54. The lowest BCUT2D eigenvalue weighted by Crippen LogP contribution is -2.17. The zero-order valence-electron chi connectivity index (χ0n) is 19.3. The second kappa shape index (κ2) is 8.63. The number of hydrogen-bond acceptors (Lipinski definition) is 5. The van der Waals surface area contributed by atoms with Gasteiger partial charge in [0.05, 0.1) is 34.1 Å². The summed E-state index contributed by atoms with van der Waals surface area (Å²) in [5, 5.41) is 9.16. The predicted octanol–water partition coefficient (Wildman–Crippen LogP) is 5.45. The van der Waals surface area contributed by atoms with Crippen molar-refractivity contribution < 1.29 is 17.6 Å². The van der Waals surface area contributed by atoms with E-state index in [4.69, 9.17) is 17.5 Å². The molecule has 0 fully saturated rings. The van der Waals surface area contributed by atoms with Crippen molar-refractivity contribution in [2.75, 3.05) is 0 Å². The first-order valence-electron chi connectivity index (χ1n) is 11.0. The van der Waals surface area contributed by atoms with Crippen LogP contribution in [-0.2, 0) is 12.6 Å². The Bertz CT molecular complexity index is 1900. The molecular formula is C25H16F4N6OS. The van der Waals surface area contributed by atoms with Crippen LogP contribution in [0.4, 0.5) is 17.6 Å². The summed E-state index contributed by atoms with van der Waals surface area (Å²) in [5.74, 6) is -0.771. The SMILES string of the molecule is CCc1cc(=O)n2cc(-n3c(=S)n(-c4ccc(C#N)c(C(F)(F)F)c4)c4nccc(C)c43)cc(F)c2n1. The third-order valence-corrected chi connectivity index (χ3v) is 6.35. The standard InChI is InChI=1S/C25H16F4N6OS/c1-3-15-8-20(36)33-12-17(10-19(26)22(33)32-15)34-21-13(2)6-7-31-23(21)35(24(34)37)16-5-4-14(11-30)18(9-16)25(27,28)29/h4-10,12H,3H2,1-2H3. The van der Waals surface area contributed by atoms with Crippen molar-refractivity contribution in [3.8, 4) is 17.4 Å². The molecule has 0 saturated carbocycles. The zero-order valence-corrected chi connectivity index (χ0v) is 20.2. The summed E-state index contributed by atoms with van der Waals surface area (Å²) >= 11 is 5.67. The number of benzene rings is 1. The number of alkyl halides is 3. The van der Waals surface area contributed by atoms with E-state index in [1.165, 1.54) is 33.7 Å². The highest BCUT2D eigenvalue weighted by Gasteiger charge is 2.34. The fraction of sp³-hybridized carbons (Fsp3) is 0.160. The first-order valence-corrected chi connectivity index (χ1v) is 11.4. The molecule has 0 bridgehead atoms. The highest BCUT2D eigenvalue weighted by molar-refractivity contribution is 7.71. The Morgan fingerprint density at radius 2 is 1.84 bits per heavy atom. The highest BCUT2D eigenvalue weighted by atomic mass is 32.1. The van der Waals surface area contributed by atoms with Gasteiger partial charge in [0.1, 0.15) is 0 Å². The van der Waals surface area contributed by atoms with Gasteiger partial charge in [0.25, 0.3) is 5.56 Å². The van der Waals surface area contributed by atoms with Crippen LogP contribution in [0.3, 0.4) is 0 Å². The minimum Gasteiger partial charge on any atom is -0.281 e. The third kappa shape index (κ3) is 3.88. The molecule has 4 heterocycles. The second-order valence-electron chi connectivity index (χ2n) is 8.27. The normalized spacial score (nSPS) is 11.8. The van der Waals surface area contributed by atoms with Gasteiger partial charge in [-0.3, -0.25) is 18.3 Å². The van der Waals surface area contributed by atoms with E-state index in [9.17, 15) is 18.0 Å². The number of pyridine rings is 2. The summed E-state index contributed by atoms with van der Waals surface area (Å²) in [5.41, 5.74) is -0.397. The predicted molar refractivity (Wildman–Crippen MR) is 130 cm³/mol. The molecule has 0 atom stereocenters. The third-order valence-electron chi connectivity index (χ3n) is 5.99. The summed E-state index contributed by atoms with van der Waals surface area (Å²) in [6, 6.07) is 8.91. The first kappa shape index (κ1) is 24.3. The van der Waals surface area contributed by atoms with Crippen molar-refractivity contribution in [1.29, 1.82) is 5.26 Å². The van der Waals surface area contributed by atoms with E-state index in [-0.39, 0.29) is 27.4 Å². The van der Waals surface area contributed by atoms with E-state index in [0.29, 0.717) is 23.2 Å². The van der Waals surface area contributed by atoms with Gasteiger partial charge in [-0.1, -0.05) is 6.92 Å². The molecule has 0 spiro atoms. The van der Waals surface area contributed by atoms with E-state index < -0.39 is 28.7 Å². The van der Waals surface area contributed by atoms with Gasteiger partial charge in [0.2, 0.25) is 0 Å². The van der Waals surface area contributed by atoms with Gasteiger partial charge in [-0.15, -0.1) is 0 Å². The van der Waals surface area contributed by atoms with Crippen LogP contribution in [0.15, 0.2) is 53.6 Å². The Balaban J connectivity index is 1.86. The zero-order chi connectivity index (χ0) is 26.6. The molecule has 5 rings (SSSR count). The van der Waals surface area contributed by atoms with Crippen LogP contribution in [0.2, 0.25) is 0 Å². The van der Waals surface area contributed by atoms with Gasteiger partial charge in [-0.2, -0.15) is 18.4 Å². The summed E-state index contributed by atoms with van der Waals surface area (Å²) in [4.78, 5) is 21.2. The van der Waals surface area contributed by atoms with Crippen molar-refractivity contribution in [1.82, 2.24) is 23.5 Å². The maximum absolute atomic E-state index is 15.2. The fourth-order valence-corrected chi connectivity index (χ4v) is 4.63. The number of imidazole rings is 1. The topological polar surface area (TPSA) is 80.9 Å². The summed E-state index contributed by atoms with van der Waals surface area (Å²) in [7, 11) is 0. The first-order chi connectivity index (χ1) is 17.5. The number of aromatic nitrogens is 5. The Morgan fingerprint density at radius 1 is 1.08 bits per heavy atom. The Hall–Kier alpha value is -4.37. The average Bonchev–Trinajstić information content (AvgIpc) is 3.16. The molecule has 0 aliphatic heterocycles. The fourth-order valence-electron chi connectivity index (χ4n) is 4.24. The molecule has 5 aromatic rings. The van der Waals surface area contributed by atoms with Crippen LogP contribution in [0.5, 0.6) is 0 Å². The molecule has 0 radical (unpaired) electrons. The Kier molecular flexibility index (Phi) is 5.68. The van der Waals surface area contributed by atoms with Crippen LogP contribution < -0.4 is 5.56 Å². The number of fused-ring (bicyclic) bond motifs is 2. The smallest absolute Gasteiger partial charge is 0.281 e. The quantitative estimate of drug-likeness (QED) is 0.232. The number of nitrogens with zero attached hydrogens (tertiary/aromatic N) is 6. The number of nitriles is 1. The van der Waals surface area contributed by atoms with Crippen LogP contribution in [0.1, 0.15) is 29.3 Å². The summed E-state index contributed by atoms with van der Waals surface area (Å²) in [6.07, 6.45) is -1.48. The monoisotopic (exact) mass is 524 g/mol.